The zero-order chi connectivity index (χ0) is 25.5. The van der Waals surface area contributed by atoms with Crippen LogP contribution in [0, 0.1) is 0 Å². The lowest BCUT2D eigenvalue weighted by Gasteiger charge is -2.39. The summed E-state index contributed by atoms with van der Waals surface area (Å²) in [6.07, 6.45) is 6.19. The summed E-state index contributed by atoms with van der Waals surface area (Å²) in [7, 11) is 0. The van der Waals surface area contributed by atoms with Crippen LogP contribution in [0.1, 0.15) is 67.6 Å². The fourth-order valence-corrected chi connectivity index (χ4v) is 4.76. The molecule has 0 atom stereocenters. The van der Waals surface area contributed by atoms with Crippen LogP contribution >= 0.6 is 0 Å². The van der Waals surface area contributed by atoms with Gasteiger partial charge in [0.1, 0.15) is 45.5 Å². The van der Waals surface area contributed by atoms with Gasteiger partial charge in [-0.05, 0) is 89.3 Å². The highest BCUT2D eigenvalue weighted by atomic mass is 16.5. The van der Waals surface area contributed by atoms with Crippen LogP contribution in [0.2, 0.25) is 0 Å². The molecule has 0 amide bonds. The molecular weight excluding hydrogens is 452 g/mol. The first-order chi connectivity index (χ1) is 17.1. The quantitative estimate of drug-likeness (QED) is 0.304. The van der Waals surface area contributed by atoms with Gasteiger partial charge in [-0.2, -0.15) is 0 Å². The largest absolute Gasteiger partial charge is 0.507 e. The second-order valence-electron chi connectivity index (χ2n) is 10.7. The predicted octanol–water partition coefficient (Wildman–Crippen LogP) is 7.29. The van der Waals surface area contributed by atoms with Crippen molar-refractivity contribution in [3.05, 3.63) is 82.9 Å². The Morgan fingerprint density at radius 3 is 2.08 bits per heavy atom. The van der Waals surface area contributed by atoms with E-state index >= 15 is 0 Å². The third-order valence-electron chi connectivity index (χ3n) is 6.82. The van der Waals surface area contributed by atoms with E-state index in [2.05, 4.69) is 0 Å². The fourth-order valence-electron chi connectivity index (χ4n) is 4.76. The summed E-state index contributed by atoms with van der Waals surface area (Å²) in [4.78, 5) is 13.5. The van der Waals surface area contributed by atoms with E-state index in [-0.39, 0.29) is 22.7 Å². The molecule has 0 radical (unpaired) electrons. The van der Waals surface area contributed by atoms with Crippen molar-refractivity contribution in [3.8, 4) is 28.7 Å². The number of rotatable bonds is 5. The molecule has 36 heavy (non-hydrogen) atoms. The molecule has 2 heterocycles. The van der Waals surface area contributed by atoms with E-state index in [1.165, 1.54) is 6.08 Å². The minimum absolute atomic E-state index is 0.0294. The number of benzene rings is 3. The number of carbonyl (C=O) groups is 1. The average molecular weight is 485 g/mol. The van der Waals surface area contributed by atoms with Gasteiger partial charge in [0.2, 0.25) is 0 Å². The Kier molecular flexibility index (Phi) is 6.03. The smallest absolute Gasteiger partial charge is 0.193 e. The molecule has 0 bridgehead atoms. The fraction of sp³-hybridized carbons (Fsp3) is 0.323. The maximum absolute atomic E-state index is 13.5. The van der Waals surface area contributed by atoms with Crippen LogP contribution < -0.4 is 14.2 Å². The Labute approximate surface area is 212 Å². The van der Waals surface area contributed by atoms with Crippen LogP contribution in [0.3, 0.4) is 0 Å². The molecule has 3 aromatic rings. The van der Waals surface area contributed by atoms with Crippen molar-refractivity contribution in [2.75, 3.05) is 0 Å². The molecule has 0 aromatic heterocycles. The van der Waals surface area contributed by atoms with Gasteiger partial charge in [-0.3, -0.25) is 4.79 Å². The van der Waals surface area contributed by atoms with E-state index in [4.69, 9.17) is 14.2 Å². The van der Waals surface area contributed by atoms with Gasteiger partial charge in [0, 0.05) is 11.1 Å². The minimum atomic E-state index is -0.439. The molecule has 186 valence electrons. The SMILES string of the molecule is CC1(C)CCc2c(O)c(C(=O)/C=C/c3ccc(Oc4ccccc4)cc3)c3c(c2O1)CCC(C)(C)O3. The first-order valence-electron chi connectivity index (χ1n) is 12.5. The van der Waals surface area contributed by atoms with E-state index in [0.717, 1.165) is 36.1 Å². The standard InChI is InChI=1S/C31H32O5/c1-30(2)18-16-23-27(33)26(29-24(28(23)35-30)17-19-31(3,4)36-29)25(32)15-12-20-10-13-22(14-11-20)34-21-8-6-5-7-9-21/h5-15,33H,16-19H2,1-4H3/b15-12+. The van der Waals surface area contributed by atoms with Crippen molar-refractivity contribution in [1.82, 2.24) is 0 Å². The molecule has 5 heteroatoms. The van der Waals surface area contributed by atoms with Crippen LogP contribution in [0.25, 0.3) is 6.08 Å². The van der Waals surface area contributed by atoms with Crippen molar-refractivity contribution in [2.45, 2.75) is 64.6 Å². The number of allylic oxidation sites excluding steroid dienone is 1. The third-order valence-corrected chi connectivity index (χ3v) is 6.82. The summed E-state index contributed by atoms with van der Waals surface area (Å²) in [6.45, 7) is 8.09. The summed E-state index contributed by atoms with van der Waals surface area (Å²) in [5.74, 6) is 2.28. The summed E-state index contributed by atoms with van der Waals surface area (Å²) in [5, 5.41) is 11.2. The maximum atomic E-state index is 13.5. The Balaban J connectivity index is 1.44. The van der Waals surface area contributed by atoms with Crippen molar-refractivity contribution < 1.29 is 24.1 Å². The summed E-state index contributed by atoms with van der Waals surface area (Å²) in [5.41, 5.74) is 1.89. The number of fused-ring (bicyclic) bond motifs is 3. The molecule has 0 aliphatic carbocycles. The van der Waals surface area contributed by atoms with E-state index in [1.807, 2.05) is 82.3 Å². The molecule has 2 aliphatic heterocycles. The van der Waals surface area contributed by atoms with Gasteiger partial charge < -0.3 is 19.3 Å². The Morgan fingerprint density at radius 1 is 0.833 bits per heavy atom. The van der Waals surface area contributed by atoms with Crippen molar-refractivity contribution in [2.24, 2.45) is 0 Å². The number of phenolic OH excluding ortho intramolecular Hbond substituents is 1. The van der Waals surface area contributed by atoms with E-state index in [9.17, 15) is 9.90 Å². The topological polar surface area (TPSA) is 65.0 Å². The number of ether oxygens (including phenoxy) is 3. The molecule has 0 unspecified atom stereocenters. The van der Waals surface area contributed by atoms with Gasteiger partial charge in [0.25, 0.3) is 0 Å². The number of hydrogen-bond acceptors (Lipinski definition) is 5. The molecule has 2 aliphatic rings. The Bertz CT molecular complexity index is 1320. The van der Waals surface area contributed by atoms with E-state index in [0.29, 0.717) is 29.2 Å². The highest BCUT2D eigenvalue weighted by Crippen LogP contribution is 2.51. The Hall–Kier alpha value is -3.73. The van der Waals surface area contributed by atoms with Crippen LogP contribution in [-0.4, -0.2) is 22.1 Å². The second kappa shape index (κ2) is 9.05. The molecular formula is C31H32O5. The van der Waals surface area contributed by atoms with Gasteiger partial charge >= 0.3 is 0 Å². The number of carbonyl (C=O) groups excluding carboxylic acids is 1. The zero-order valence-electron chi connectivity index (χ0n) is 21.3. The second-order valence-corrected chi connectivity index (χ2v) is 10.7. The van der Waals surface area contributed by atoms with Crippen molar-refractivity contribution in [1.29, 1.82) is 0 Å². The monoisotopic (exact) mass is 484 g/mol. The number of hydrogen-bond donors (Lipinski definition) is 1. The number of phenols is 1. The lowest BCUT2D eigenvalue weighted by Crippen LogP contribution is -2.37. The highest BCUT2D eigenvalue weighted by molar-refractivity contribution is 6.11. The van der Waals surface area contributed by atoms with Gasteiger partial charge in [-0.1, -0.05) is 36.4 Å². The van der Waals surface area contributed by atoms with Crippen LogP contribution in [0.5, 0.6) is 28.7 Å². The van der Waals surface area contributed by atoms with Crippen molar-refractivity contribution >= 4 is 11.9 Å². The predicted molar refractivity (Wildman–Crippen MR) is 140 cm³/mol. The number of aromatic hydroxyl groups is 1. The number of para-hydroxylation sites is 1. The van der Waals surface area contributed by atoms with Gasteiger partial charge in [0.05, 0.1) is 0 Å². The molecule has 5 rings (SSSR count). The molecule has 0 spiro atoms. The van der Waals surface area contributed by atoms with Gasteiger partial charge in [-0.15, -0.1) is 0 Å². The highest BCUT2D eigenvalue weighted by Gasteiger charge is 2.39. The molecule has 3 aromatic carbocycles. The number of ketones is 1. The van der Waals surface area contributed by atoms with E-state index in [1.54, 1.807) is 6.08 Å². The maximum Gasteiger partial charge on any atom is 0.193 e. The first-order valence-corrected chi connectivity index (χ1v) is 12.5. The van der Waals surface area contributed by atoms with Gasteiger partial charge in [0.15, 0.2) is 5.78 Å². The third kappa shape index (κ3) is 4.83. The lowest BCUT2D eigenvalue weighted by atomic mass is 9.84. The molecule has 0 saturated carbocycles. The van der Waals surface area contributed by atoms with Crippen molar-refractivity contribution in [3.63, 3.8) is 0 Å². The summed E-state index contributed by atoms with van der Waals surface area (Å²) in [6, 6.07) is 17.1. The molecule has 1 N–H and O–H groups in total. The van der Waals surface area contributed by atoms with Crippen LogP contribution in [-0.2, 0) is 12.8 Å². The first kappa shape index (κ1) is 24.0. The average Bonchev–Trinajstić information content (AvgIpc) is 2.83. The van der Waals surface area contributed by atoms with E-state index < -0.39 is 5.60 Å². The normalized spacial score (nSPS) is 17.4. The van der Waals surface area contributed by atoms with Crippen LogP contribution in [0.4, 0.5) is 0 Å². The van der Waals surface area contributed by atoms with Crippen LogP contribution in [0.15, 0.2) is 60.7 Å². The molecule has 0 saturated heterocycles. The Morgan fingerprint density at radius 2 is 1.42 bits per heavy atom. The summed E-state index contributed by atoms with van der Waals surface area (Å²) >= 11 is 0. The van der Waals surface area contributed by atoms with Gasteiger partial charge in [-0.25, -0.2) is 0 Å². The summed E-state index contributed by atoms with van der Waals surface area (Å²) < 4.78 is 18.4. The minimum Gasteiger partial charge on any atom is -0.507 e. The molecule has 0 fully saturated rings. The zero-order valence-corrected chi connectivity index (χ0v) is 21.3. The lowest BCUT2D eigenvalue weighted by molar-refractivity contribution is 0.0643. The molecule has 5 nitrogen and oxygen atoms in total.